The Kier molecular flexibility index (Phi) is 2.85. The lowest BCUT2D eigenvalue weighted by molar-refractivity contribution is -0.137. The summed E-state index contributed by atoms with van der Waals surface area (Å²) >= 11 is 0. The summed E-state index contributed by atoms with van der Waals surface area (Å²) in [4.78, 5) is 32.5. The van der Waals surface area contributed by atoms with Crippen molar-refractivity contribution in [3.63, 3.8) is 0 Å². The Morgan fingerprint density at radius 1 is 1.21 bits per heavy atom. The molecule has 0 radical (unpaired) electrons. The molecule has 0 spiro atoms. The summed E-state index contributed by atoms with van der Waals surface area (Å²) in [6, 6.07) is 0. The highest BCUT2D eigenvalue weighted by molar-refractivity contribution is 5.96. The first-order valence-corrected chi connectivity index (χ1v) is 3.96. The minimum atomic E-state index is -0.635. The normalized spacial score (nSPS) is 15.1. The van der Waals surface area contributed by atoms with E-state index in [1.165, 1.54) is 13.8 Å². The third-order valence-electron chi connectivity index (χ3n) is 1.48. The van der Waals surface area contributed by atoms with Gasteiger partial charge in [0.05, 0.1) is 5.70 Å². The van der Waals surface area contributed by atoms with E-state index in [0.717, 1.165) is 0 Å². The van der Waals surface area contributed by atoms with Crippen LogP contribution < -0.4 is 10.6 Å². The third kappa shape index (κ3) is 2.32. The zero-order valence-corrected chi connectivity index (χ0v) is 7.84. The highest BCUT2D eigenvalue weighted by Gasteiger charge is 2.26. The van der Waals surface area contributed by atoms with E-state index >= 15 is 0 Å². The van der Waals surface area contributed by atoms with E-state index in [2.05, 4.69) is 15.4 Å². The fourth-order valence-electron chi connectivity index (χ4n) is 1.02. The first kappa shape index (κ1) is 10.2. The number of nitrogens with one attached hydrogen (secondary N) is 2. The third-order valence-corrected chi connectivity index (χ3v) is 1.48. The average Bonchev–Trinajstić information content (AvgIpc) is 2.34. The number of hydrogen-bond acceptors (Lipinski definition) is 4. The van der Waals surface area contributed by atoms with Gasteiger partial charge in [-0.15, -0.1) is 0 Å². The fraction of sp³-hybridized carbons (Fsp3) is 0.375. The van der Waals surface area contributed by atoms with Crippen LogP contribution in [0.25, 0.3) is 0 Å². The highest BCUT2D eigenvalue weighted by atomic mass is 16.5. The number of ether oxygens (including phenoxy) is 1. The molecule has 0 fully saturated rings. The number of hydrogen-bond donors (Lipinski definition) is 2. The van der Waals surface area contributed by atoms with Crippen LogP contribution in [0.3, 0.4) is 0 Å². The molecular formula is C8H10N2O4. The summed E-state index contributed by atoms with van der Waals surface area (Å²) in [5.74, 6) is -1.34. The molecule has 2 amide bonds. The number of carbonyl (C=O) groups excluding carboxylic acids is 3. The zero-order valence-electron chi connectivity index (χ0n) is 7.84. The Bertz CT molecular complexity index is 332. The Labute approximate surface area is 80.3 Å². The Morgan fingerprint density at radius 3 is 2.29 bits per heavy atom. The minimum Gasteiger partial charge on any atom is -0.454 e. The molecule has 0 aliphatic carbocycles. The largest absolute Gasteiger partial charge is 0.454 e. The lowest BCUT2D eigenvalue weighted by Gasteiger charge is -2.03. The molecule has 1 aliphatic rings. The van der Waals surface area contributed by atoms with Crippen LogP contribution in [-0.4, -0.2) is 24.4 Å². The summed E-state index contributed by atoms with van der Waals surface area (Å²) in [6.45, 7) is 2.55. The van der Waals surface area contributed by atoms with Crippen molar-refractivity contribution in [1.82, 2.24) is 10.6 Å². The maximum atomic E-state index is 11.1. The van der Waals surface area contributed by atoms with E-state index in [4.69, 9.17) is 0 Å². The van der Waals surface area contributed by atoms with Gasteiger partial charge < -0.3 is 15.4 Å². The van der Waals surface area contributed by atoms with Gasteiger partial charge in [-0.1, -0.05) is 0 Å². The summed E-state index contributed by atoms with van der Waals surface area (Å²) in [5, 5.41) is 4.71. The fourth-order valence-corrected chi connectivity index (χ4v) is 1.02. The van der Waals surface area contributed by atoms with E-state index in [0.29, 0.717) is 0 Å². The van der Waals surface area contributed by atoms with Gasteiger partial charge in [0.2, 0.25) is 11.8 Å². The smallest absolute Gasteiger partial charge is 0.357 e. The van der Waals surface area contributed by atoms with Gasteiger partial charge in [-0.25, -0.2) is 4.79 Å². The summed E-state index contributed by atoms with van der Waals surface area (Å²) < 4.78 is 4.64. The van der Waals surface area contributed by atoms with Crippen molar-refractivity contribution in [3.8, 4) is 0 Å². The van der Waals surface area contributed by atoms with E-state index in [9.17, 15) is 14.4 Å². The predicted molar refractivity (Wildman–Crippen MR) is 45.6 cm³/mol. The Hall–Kier alpha value is -1.85. The standard InChI is InChI=1S/C8H10N2O4/c1-4(11)9-6-3-14-8(13)7(6)10-5(2)12/h3H2,1-2H3,(H,9,11)(H,10,12). The van der Waals surface area contributed by atoms with Crippen molar-refractivity contribution in [1.29, 1.82) is 0 Å². The number of rotatable bonds is 2. The van der Waals surface area contributed by atoms with Gasteiger partial charge in [-0.3, -0.25) is 9.59 Å². The second-order valence-electron chi connectivity index (χ2n) is 2.79. The molecule has 0 atom stereocenters. The van der Waals surface area contributed by atoms with Crippen LogP contribution in [0.2, 0.25) is 0 Å². The molecule has 0 unspecified atom stereocenters. The molecule has 0 saturated carbocycles. The summed E-state index contributed by atoms with van der Waals surface area (Å²) in [6.07, 6.45) is 0. The number of amides is 2. The second kappa shape index (κ2) is 3.91. The molecule has 2 N–H and O–H groups in total. The molecule has 0 aromatic heterocycles. The number of carbonyl (C=O) groups is 3. The molecule has 6 heteroatoms. The second-order valence-corrected chi connectivity index (χ2v) is 2.79. The molecule has 0 aromatic carbocycles. The van der Waals surface area contributed by atoms with Crippen molar-refractivity contribution in [2.45, 2.75) is 13.8 Å². The molecule has 1 rings (SSSR count). The Morgan fingerprint density at radius 2 is 1.79 bits per heavy atom. The van der Waals surface area contributed by atoms with Crippen molar-refractivity contribution >= 4 is 17.8 Å². The van der Waals surface area contributed by atoms with E-state index in [1.54, 1.807) is 0 Å². The number of cyclic esters (lactones) is 1. The topological polar surface area (TPSA) is 84.5 Å². The van der Waals surface area contributed by atoms with E-state index < -0.39 is 5.97 Å². The zero-order chi connectivity index (χ0) is 10.7. The van der Waals surface area contributed by atoms with Gasteiger partial charge in [0.15, 0.2) is 5.70 Å². The van der Waals surface area contributed by atoms with Crippen molar-refractivity contribution in [2.75, 3.05) is 6.61 Å². The first-order chi connectivity index (χ1) is 6.50. The molecule has 76 valence electrons. The molecule has 6 nitrogen and oxygen atoms in total. The van der Waals surface area contributed by atoms with E-state index in [-0.39, 0.29) is 29.8 Å². The van der Waals surface area contributed by atoms with Gasteiger partial charge >= 0.3 is 5.97 Å². The predicted octanol–water partition coefficient (Wildman–Crippen LogP) is -0.973. The van der Waals surface area contributed by atoms with Crippen LogP contribution in [0.15, 0.2) is 11.4 Å². The lowest BCUT2D eigenvalue weighted by atomic mass is 10.3. The quantitative estimate of drug-likeness (QED) is 0.559. The molecular weight excluding hydrogens is 188 g/mol. The average molecular weight is 198 g/mol. The van der Waals surface area contributed by atoms with Crippen LogP contribution in [0, 0.1) is 0 Å². The van der Waals surface area contributed by atoms with Crippen LogP contribution in [0.1, 0.15) is 13.8 Å². The molecule has 1 aliphatic heterocycles. The number of esters is 1. The molecule has 1 heterocycles. The molecule has 0 saturated heterocycles. The summed E-state index contributed by atoms with van der Waals surface area (Å²) in [7, 11) is 0. The van der Waals surface area contributed by atoms with Crippen molar-refractivity contribution < 1.29 is 19.1 Å². The van der Waals surface area contributed by atoms with Crippen molar-refractivity contribution in [2.24, 2.45) is 0 Å². The van der Waals surface area contributed by atoms with E-state index in [1.807, 2.05) is 0 Å². The highest BCUT2D eigenvalue weighted by Crippen LogP contribution is 2.10. The van der Waals surface area contributed by atoms with Crippen LogP contribution in [0.5, 0.6) is 0 Å². The lowest BCUT2D eigenvalue weighted by Crippen LogP contribution is -2.28. The van der Waals surface area contributed by atoms with Crippen LogP contribution in [-0.2, 0) is 19.1 Å². The maximum Gasteiger partial charge on any atom is 0.357 e. The SMILES string of the molecule is CC(=O)NC1=C(NC(C)=O)C(=O)OC1. The maximum absolute atomic E-state index is 11.1. The molecule has 0 aromatic rings. The van der Waals surface area contributed by atoms with Crippen LogP contribution >= 0.6 is 0 Å². The summed E-state index contributed by atoms with van der Waals surface area (Å²) in [5.41, 5.74) is 0.297. The monoisotopic (exact) mass is 198 g/mol. The van der Waals surface area contributed by atoms with Crippen LogP contribution in [0.4, 0.5) is 0 Å². The Balaban J connectivity index is 2.84. The van der Waals surface area contributed by atoms with Gasteiger partial charge in [0.25, 0.3) is 0 Å². The van der Waals surface area contributed by atoms with Crippen molar-refractivity contribution in [3.05, 3.63) is 11.4 Å². The van der Waals surface area contributed by atoms with Gasteiger partial charge in [0, 0.05) is 13.8 Å². The van der Waals surface area contributed by atoms with Gasteiger partial charge in [-0.2, -0.15) is 0 Å². The van der Waals surface area contributed by atoms with Gasteiger partial charge in [-0.05, 0) is 0 Å². The molecule has 14 heavy (non-hydrogen) atoms. The first-order valence-electron chi connectivity index (χ1n) is 3.96. The molecule has 0 bridgehead atoms. The van der Waals surface area contributed by atoms with Gasteiger partial charge in [0.1, 0.15) is 6.61 Å². The minimum absolute atomic E-state index is 0.00713.